The maximum Gasteiger partial charge on any atom is 0.298 e. The lowest BCUT2D eigenvalue weighted by Gasteiger charge is -2.06. The van der Waals surface area contributed by atoms with E-state index in [9.17, 15) is 4.79 Å². The molecule has 0 spiro atoms. The Hall–Kier alpha value is -1.84. The fourth-order valence-electron chi connectivity index (χ4n) is 1.01. The molecular weight excluding hydrogens is 168 g/mol. The van der Waals surface area contributed by atoms with Crippen molar-refractivity contribution >= 4 is 12.3 Å². The summed E-state index contributed by atoms with van der Waals surface area (Å²) in [5.41, 5.74) is 6.31. The molecule has 0 aromatic carbocycles. The van der Waals surface area contributed by atoms with Gasteiger partial charge in [-0.05, 0) is 12.5 Å². The van der Waals surface area contributed by atoms with Gasteiger partial charge in [-0.2, -0.15) is 0 Å². The smallest absolute Gasteiger partial charge is 0.298 e. The van der Waals surface area contributed by atoms with Crippen molar-refractivity contribution < 1.29 is 9.53 Å². The van der Waals surface area contributed by atoms with Gasteiger partial charge in [0.15, 0.2) is 11.6 Å². The van der Waals surface area contributed by atoms with Crippen molar-refractivity contribution in [3.63, 3.8) is 0 Å². The van der Waals surface area contributed by atoms with Gasteiger partial charge in [-0.25, -0.2) is 4.98 Å². The van der Waals surface area contributed by atoms with E-state index in [1.54, 1.807) is 18.3 Å². The van der Waals surface area contributed by atoms with Crippen LogP contribution >= 0.6 is 0 Å². The molecule has 4 heteroatoms. The molecule has 0 aliphatic carbocycles. The van der Waals surface area contributed by atoms with Gasteiger partial charge in [0.2, 0.25) is 0 Å². The minimum atomic E-state index is 0.214. The SMILES string of the molecule is C=CCc1ccnc(N)c1OC=O. The molecule has 1 heterocycles. The highest BCUT2D eigenvalue weighted by molar-refractivity contribution is 5.57. The summed E-state index contributed by atoms with van der Waals surface area (Å²) in [4.78, 5) is 14.0. The summed E-state index contributed by atoms with van der Waals surface area (Å²) in [5.74, 6) is 0.531. The Kier molecular flexibility index (Phi) is 3.03. The van der Waals surface area contributed by atoms with Crippen molar-refractivity contribution in [3.05, 3.63) is 30.5 Å². The van der Waals surface area contributed by atoms with Crippen LogP contribution in [0.5, 0.6) is 5.75 Å². The van der Waals surface area contributed by atoms with E-state index in [1.165, 1.54) is 0 Å². The van der Waals surface area contributed by atoms with Gasteiger partial charge in [0, 0.05) is 11.8 Å². The first-order valence-electron chi connectivity index (χ1n) is 3.74. The molecule has 0 aliphatic heterocycles. The maximum absolute atomic E-state index is 10.2. The van der Waals surface area contributed by atoms with Crippen LogP contribution in [0.15, 0.2) is 24.9 Å². The van der Waals surface area contributed by atoms with E-state index in [2.05, 4.69) is 11.6 Å². The lowest BCUT2D eigenvalue weighted by atomic mass is 10.2. The Labute approximate surface area is 76.0 Å². The number of carbonyl (C=O) groups excluding carboxylic acids is 1. The summed E-state index contributed by atoms with van der Waals surface area (Å²) in [6.07, 6.45) is 3.86. The molecule has 0 amide bonds. The molecule has 0 saturated heterocycles. The summed E-state index contributed by atoms with van der Waals surface area (Å²) in [5, 5.41) is 0. The Morgan fingerprint density at radius 1 is 1.69 bits per heavy atom. The largest absolute Gasteiger partial charge is 0.424 e. The number of ether oxygens (including phenoxy) is 1. The van der Waals surface area contributed by atoms with Gasteiger partial charge < -0.3 is 10.5 Å². The van der Waals surface area contributed by atoms with Crippen LogP contribution in [-0.2, 0) is 11.2 Å². The van der Waals surface area contributed by atoms with Gasteiger partial charge in [-0.3, -0.25) is 4.79 Å². The molecule has 2 N–H and O–H groups in total. The summed E-state index contributed by atoms with van der Waals surface area (Å²) in [7, 11) is 0. The second kappa shape index (κ2) is 4.25. The lowest BCUT2D eigenvalue weighted by molar-refractivity contribution is -0.120. The summed E-state index contributed by atoms with van der Waals surface area (Å²) in [6.45, 7) is 3.92. The molecule has 0 saturated carbocycles. The first-order valence-corrected chi connectivity index (χ1v) is 3.74. The average molecular weight is 178 g/mol. The molecule has 0 bridgehead atoms. The van der Waals surface area contributed by atoms with Crippen molar-refractivity contribution in [3.8, 4) is 5.75 Å². The molecule has 0 aliphatic rings. The second-order valence-electron chi connectivity index (χ2n) is 2.39. The number of aromatic nitrogens is 1. The summed E-state index contributed by atoms with van der Waals surface area (Å²) >= 11 is 0. The van der Waals surface area contributed by atoms with E-state index in [4.69, 9.17) is 10.5 Å². The topological polar surface area (TPSA) is 65.2 Å². The number of carbonyl (C=O) groups is 1. The zero-order valence-electron chi connectivity index (χ0n) is 7.06. The molecule has 0 unspecified atom stereocenters. The fraction of sp³-hybridized carbons (Fsp3) is 0.111. The van der Waals surface area contributed by atoms with Crippen molar-refractivity contribution in [1.29, 1.82) is 0 Å². The highest BCUT2D eigenvalue weighted by atomic mass is 16.5. The van der Waals surface area contributed by atoms with Gasteiger partial charge >= 0.3 is 0 Å². The molecule has 13 heavy (non-hydrogen) atoms. The molecule has 1 aromatic heterocycles. The van der Waals surface area contributed by atoms with E-state index in [-0.39, 0.29) is 5.82 Å². The van der Waals surface area contributed by atoms with Crippen LogP contribution in [0.3, 0.4) is 0 Å². The van der Waals surface area contributed by atoms with E-state index in [0.717, 1.165) is 5.56 Å². The molecule has 0 radical (unpaired) electrons. The number of nitrogens with zero attached hydrogens (tertiary/aromatic N) is 1. The Morgan fingerprint density at radius 3 is 3.08 bits per heavy atom. The Morgan fingerprint density at radius 2 is 2.46 bits per heavy atom. The van der Waals surface area contributed by atoms with E-state index in [1.807, 2.05) is 0 Å². The summed E-state index contributed by atoms with van der Waals surface area (Å²) < 4.78 is 4.70. The average Bonchev–Trinajstić information content (AvgIpc) is 2.11. The number of rotatable bonds is 4. The van der Waals surface area contributed by atoms with Gasteiger partial charge in [-0.15, -0.1) is 6.58 Å². The number of hydrogen-bond donors (Lipinski definition) is 1. The van der Waals surface area contributed by atoms with Crippen LogP contribution in [0, 0.1) is 0 Å². The predicted octanol–water partition coefficient (Wildman–Crippen LogP) is 0.927. The molecular formula is C9H10N2O2. The van der Waals surface area contributed by atoms with Crippen molar-refractivity contribution in [2.24, 2.45) is 0 Å². The number of hydrogen-bond acceptors (Lipinski definition) is 4. The standard InChI is InChI=1S/C9H10N2O2/c1-2-3-7-4-5-11-9(10)8(7)13-6-12/h2,4-6H,1,3H2,(H2,10,11). The van der Waals surface area contributed by atoms with Crippen LogP contribution in [0.2, 0.25) is 0 Å². The van der Waals surface area contributed by atoms with Gasteiger partial charge in [0.25, 0.3) is 6.47 Å². The minimum absolute atomic E-state index is 0.214. The highest BCUT2D eigenvalue weighted by Crippen LogP contribution is 2.23. The zero-order valence-corrected chi connectivity index (χ0v) is 7.06. The highest BCUT2D eigenvalue weighted by Gasteiger charge is 2.06. The zero-order chi connectivity index (χ0) is 9.68. The monoisotopic (exact) mass is 178 g/mol. The van der Waals surface area contributed by atoms with Crippen LogP contribution < -0.4 is 10.5 Å². The lowest BCUT2D eigenvalue weighted by Crippen LogP contribution is -2.01. The number of pyridine rings is 1. The third-order valence-electron chi connectivity index (χ3n) is 1.54. The minimum Gasteiger partial charge on any atom is -0.424 e. The van der Waals surface area contributed by atoms with Crippen LogP contribution in [0.25, 0.3) is 0 Å². The Balaban J connectivity index is 3.08. The molecule has 1 aromatic rings. The van der Waals surface area contributed by atoms with Crippen LogP contribution in [0.4, 0.5) is 5.82 Å². The molecule has 0 atom stereocenters. The Bertz CT molecular complexity index is 323. The van der Waals surface area contributed by atoms with Crippen LogP contribution in [0.1, 0.15) is 5.56 Å². The number of anilines is 1. The van der Waals surface area contributed by atoms with Gasteiger partial charge in [0.05, 0.1) is 0 Å². The van der Waals surface area contributed by atoms with Crippen molar-refractivity contribution in [2.45, 2.75) is 6.42 Å². The first kappa shape index (κ1) is 9.25. The quantitative estimate of drug-likeness (QED) is 0.550. The molecule has 4 nitrogen and oxygen atoms in total. The molecule has 68 valence electrons. The van der Waals surface area contributed by atoms with Gasteiger partial charge in [-0.1, -0.05) is 6.08 Å². The summed E-state index contributed by atoms with van der Waals surface area (Å²) in [6, 6.07) is 1.73. The molecule has 1 rings (SSSR count). The second-order valence-corrected chi connectivity index (χ2v) is 2.39. The normalized spacial score (nSPS) is 9.23. The third kappa shape index (κ3) is 2.05. The van der Waals surface area contributed by atoms with Gasteiger partial charge in [0.1, 0.15) is 0 Å². The molecule has 0 fully saturated rings. The number of nitrogen functional groups attached to an aromatic ring is 1. The first-order chi connectivity index (χ1) is 6.29. The van der Waals surface area contributed by atoms with E-state index in [0.29, 0.717) is 18.6 Å². The van der Waals surface area contributed by atoms with E-state index < -0.39 is 0 Å². The number of allylic oxidation sites excluding steroid dienone is 1. The maximum atomic E-state index is 10.2. The number of nitrogens with two attached hydrogens (primary N) is 1. The van der Waals surface area contributed by atoms with E-state index >= 15 is 0 Å². The third-order valence-corrected chi connectivity index (χ3v) is 1.54. The fourth-order valence-corrected chi connectivity index (χ4v) is 1.01. The predicted molar refractivity (Wildman–Crippen MR) is 49.2 cm³/mol. The van der Waals surface area contributed by atoms with Crippen molar-refractivity contribution in [1.82, 2.24) is 4.98 Å². The van der Waals surface area contributed by atoms with Crippen molar-refractivity contribution in [2.75, 3.05) is 5.73 Å². The van der Waals surface area contributed by atoms with Crippen LogP contribution in [-0.4, -0.2) is 11.5 Å².